The lowest BCUT2D eigenvalue weighted by molar-refractivity contribution is -0.139. The van der Waals surface area contributed by atoms with Gasteiger partial charge in [-0.15, -0.1) is 0 Å². The van der Waals surface area contributed by atoms with E-state index in [4.69, 9.17) is 15.8 Å². The quantitative estimate of drug-likeness (QED) is 0.407. The fourth-order valence-electron chi connectivity index (χ4n) is 0.0552. The Hall–Kier alpha value is -0.610. The van der Waals surface area contributed by atoms with Crippen LogP contribution in [0.5, 0.6) is 0 Å². The van der Waals surface area contributed by atoms with Gasteiger partial charge in [-0.25, -0.2) is 0 Å². The van der Waals surface area contributed by atoms with Crippen molar-refractivity contribution in [2.24, 2.45) is 5.72 Å². The largest absolute Gasteiger partial charge is 0.480 e. The highest BCUT2D eigenvalue weighted by atomic mass is 16.4. The van der Waals surface area contributed by atoms with E-state index >= 15 is 0 Å². The normalized spacial score (nSPS) is 31.1. The molecule has 0 amide bonds. The molecule has 0 rings (SSSR count). The summed E-state index contributed by atoms with van der Waals surface area (Å²) in [4.78, 5) is 10.2. The van der Waals surface area contributed by atoms with Gasteiger partial charge in [0.2, 0.25) is 0 Å². The summed E-state index contributed by atoms with van der Waals surface area (Å²) in [6.07, 6.45) is 0. The minimum Gasteiger partial charge on any atom is -0.480 e. The molecule has 7 heavy (non-hydrogen) atoms. The fourth-order valence-corrected chi connectivity index (χ4v) is 0.0552. The third-order valence-corrected chi connectivity index (χ3v) is 0.341. The molecule has 0 fully saturated rings. The Bertz CT molecular complexity index is 153. The van der Waals surface area contributed by atoms with E-state index in [1.165, 1.54) is 0 Å². The minimum absolute atomic E-state index is 0.535. The van der Waals surface area contributed by atoms with Crippen LogP contribution in [0.25, 0.3) is 0 Å². The van der Waals surface area contributed by atoms with Crippen LogP contribution in [0.3, 0.4) is 0 Å². The maximum Gasteiger partial charge on any atom is 0.322 e. The van der Waals surface area contributed by atoms with Crippen LogP contribution in [0.4, 0.5) is 0 Å². The van der Waals surface area contributed by atoms with Crippen molar-refractivity contribution in [1.82, 2.24) is 0 Å². The van der Waals surface area contributed by atoms with Crippen LogP contribution in [-0.4, -0.2) is 28.8 Å². The molecular weight excluding hydrogens is 98.0 g/mol. The van der Waals surface area contributed by atoms with Gasteiger partial charge in [-0.3, -0.25) is 4.79 Å². The molecular formula is C3H7NO3. The van der Waals surface area contributed by atoms with Crippen molar-refractivity contribution in [3.05, 3.63) is 0 Å². The fraction of sp³-hybridized carbons (Fsp3) is 0.667. The average molecular weight is 109 g/mol. The van der Waals surface area contributed by atoms with Crippen molar-refractivity contribution in [1.29, 1.82) is 0 Å². The lowest BCUT2D eigenvalue weighted by Gasteiger charge is -1.96. The number of hydrogen-bond acceptors (Lipinski definition) is 3. The summed E-state index contributed by atoms with van der Waals surface area (Å²) in [6, 6.07) is -2.94. The molecule has 42 valence electrons. The van der Waals surface area contributed by atoms with Crippen LogP contribution >= 0.6 is 0 Å². The minimum atomic E-state index is -2.94. The topological polar surface area (TPSA) is 83.5 Å². The van der Waals surface area contributed by atoms with Crippen LogP contribution in [-0.2, 0) is 4.79 Å². The van der Waals surface area contributed by atoms with Crippen LogP contribution in [0.15, 0.2) is 0 Å². The first-order valence-electron chi connectivity index (χ1n) is 3.42. The standard InChI is InChI=1S/C3H7NO3/c4-2(1-5)3(6)7/h2,5H,1,4H2,(H,6,7)/t2-/m0/s1/i1D,2D/hD2/t1?,2-. The molecule has 0 saturated heterocycles. The Kier molecular flexibility index (Phi) is 0.765. The Morgan fingerprint density at radius 1 is 2.43 bits per heavy atom. The van der Waals surface area contributed by atoms with Gasteiger partial charge in [0, 0.05) is 0 Å². The third-order valence-electron chi connectivity index (χ3n) is 0.341. The molecule has 0 aromatic carbocycles. The molecule has 0 heterocycles. The van der Waals surface area contributed by atoms with Gasteiger partial charge >= 0.3 is 5.97 Å². The van der Waals surface area contributed by atoms with Gasteiger partial charge in [0.15, 0.2) is 0 Å². The van der Waals surface area contributed by atoms with E-state index in [9.17, 15) is 4.79 Å². The van der Waals surface area contributed by atoms with Gasteiger partial charge in [-0.05, 0) is 0 Å². The number of aliphatic hydroxyl groups excluding tert-OH is 1. The summed E-state index contributed by atoms with van der Waals surface area (Å²) in [5.41, 5.74) is -0.535. The first-order valence-corrected chi connectivity index (χ1v) is 1.45. The molecule has 0 spiro atoms. The summed E-state index contributed by atoms with van der Waals surface area (Å²) in [5.74, 6) is -1.91. The highest BCUT2D eigenvalue weighted by Gasteiger charge is 2.06. The summed E-state index contributed by atoms with van der Waals surface area (Å²) in [7, 11) is 0. The van der Waals surface area contributed by atoms with Crippen LogP contribution < -0.4 is 5.72 Å². The SMILES string of the molecule is [2H]C(O)[C@@]([2H])(C(=O)O)N([2H])[2H]. The zero-order chi connectivity index (χ0) is 9.23. The van der Waals surface area contributed by atoms with Crippen molar-refractivity contribution in [2.45, 2.75) is 6.02 Å². The number of carbonyl (C=O) groups is 1. The maximum atomic E-state index is 10.2. The second kappa shape index (κ2) is 2.54. The summed E-state index contributed by atoms with van der Waals surface area (Å²) in [6.45, 7) is -2.35. The van der Waals surface area contributed by atoms with E-state index in [1.807, 2.05) is 0 Å². The van der Waals surface area contributed by atoms with Gasteiger partial charge in [0.1, 0.15) is 8.84 Å². The van der Waals surface area contributed by atoms with Crippen LogP contribution in [0, 0.1) is 0 Å². The van der Waals surface area contributed by atoms with Crippen LogP contribution in [0.1, 0.15) is 2.74 Å². The zero-order valence-electron chi connectivity index (χ0n) is 7.33. The summed E-state index contributed by atoms with van der Waals surface area (Å²) >= 11 is 0. The third kappa shape index (κ3) is 2.13. The summed E-state index contributed by atoms with van der Waals surface area (Å²) in [5, 5.41) is 16.7. The van der Waals surface area contributed by atoms with Gasteiger partial charge in [-0.2, -0.15) is 0 Å². The van der Waals surface area contributed by atoms with Crippen molar-refractivity contribution in [3.63, 3.8) is 0 Å². The molecule has 4 N–H and O–H groups in total. The molecule has 4 heteroatoms. The number of rotatable bonds is 3. The smallest absolute Gasteiger partial charge is 0.322 e. The zero-order valence-corrected chi connectivity index (χ0v) is 3.33. The number of aliphatic hydroxyl groups is 1. The maximum absolute atomic E-state index is 10.2. The van der Waals surface area contributed by atoms with Crippen molar-refractivity contribution < 1.29 is 20.6 Å². The first kappa shape index (κ1) is 2.11. The molecule has 0 radical (unpaired) electrons. The highest BCUT2D eigenvalue weighted by Crippen LogP contribution is 1.71. The second-order valence-corrected chi connectivity index (χ2v) is 0.819. The molecule has 0 aliphatic heterocycles. The Morgan fingerprint density at radius 3 is 3.00 bits per heavy atom. The number of hydrogen-bond donors (Lipinski definition) is 3. The number of nitrogens with two attached hydrogens (primary N) is 1. The summed E-state index contributed by atoms with van der Waals surface area (Å²) < 4.78 is 26.2. The van der Waals surface area contributed by atoms with E-state index in [2.05, 4.69) is 0 Å². The van der Waals surface area contributed by atoms with Gasteiger partial charge in [0.25, 0.3) is 0 Å². The number of carboxylic acid groups (broad SMARTS) is 1. The number of aliphatic carboxylic acids is 1. The number of carboxylic acids is 1. The van der Waals surface area contributed by atoms with Gasteiger partial charge in [-0.1, -0.05) is 0 Å². The molecule has 1 unspecified atom stereocenters. The lowest BCUT2D eigenvalue weighted by Crippen LogP contribution is -2.33. The molecule has 0 aromatic rings. The molecule has 2 atom stereocenters. The predicted octanol–water partition coefficient (Wildman–Crippen LogP) is -1.61. The highest BCUT2D eigenvalue weighted by molar-refractivity contribution is 5.73. The van der Waals surface area contributed by atoms with E-state index in [0.717, 1.165) is 0 Å². The Morgan fingerprint density at radius 2 is 3.00 bits per heavy atom. The van der Waals surface area contributed by atoms with Crippen molar-refractivity contribution in [3.8, 4) is 0 Å². The van der Waals surface area contributed by atoms with Gasteiger partial charge in [0.05, 0.1) is 9.32 Å². The van der Waals surface area contributed by atoms with Crippen molar-refractivity contribution in [2.75, 3.05) is 6.58 Å². The predicted molar refractivity (Wildman–Crippen MR) is 22.7 cm³/mol. The molecule has 4 nitrogen and oxygen atoms in total. The van der Waals surface area contributed by atoms with E-state index in [1.54, 1.807) is 0 Å². The Labute approximate surface area is 46.3 Å². The average Bonchev–Trinajstić information content (AvgIpc) is 1.84. The molecule has 0 saturated carbocycles. The van der Waals surface area contributed by atoms with Crippen LogP contribution in [0.2, 0.25) is 2.82 Å². The van der Waals surface area contributed by atoms with Crippen molar-refractivity contribution >= 4 is 5.97 Å². The van der Waals surface area contributed by atoms with E-state index < -0.39 is 24.3 Å². The van der Waals surface area contributed by atoms with E-state index in [-0.39, 0.29) is 0 Å². The lowest BCUT2D eigenvalue weighted by atomic mass is 10.3. The van der Waals surface area contributed by atoms with E-state index in [0.29, 0.717) is 0 Å². The molecule has 0 aliphatic carbocycles. The molecule has 0 aliphatic rings. The Balaban J connectivity index is 4.67. The second-order valence-electron chi connectivity index (χ2n) is 0.819. The molecule has 0 bridgehead atoms. The monoisotopic (exact) mass is 109 g/mol. The first-order chi connectivity index (χ1) is 4.83. The molecule has 0 aromatic heterocycles. The van der Waals surface area contributed by atoms with Gasteiger partial charge < -0.3 is 15.9 Å².